The van der Waals surface area contributed by atoms with Gasteiger partial charge in [-0.05, 0) is 12.8 Å². The maximum Gasteiger partial charge on any atom is 0.305 e. The normalized spacial score (nSPS) is 11.5. The number of rotatable bonds is 26. The van der Waals surface area contributed by atoms with Crippen molar-refractivity contribution in [2.24, 2.45) is 5.41 Å². The molecule has 0 aromatic carbocycles. The van der Waals surface area contributed by atoms with Crippen LogP contribution in [0.1, 0.15) is 142 Å². The number of hydrogen-bond acceptors (Lipinski definition) is 6. The zero-order chi connectivity index (χ0) is 26.0. The van der Waals surface area contributed by atoms with E-state index in [4.69, 9.17) is 9.47 Å². The minimum Gasteiger partial charge on any atom is -0.465 e. The first-order chi connectivity index (χ1) is 17.0. The van der Waals surface area contributed by atoms with Gasteiger partial charge in [-0.25, -0.2) is 0 Å². The van der Waals surface area contributed by atoms with Gasteiger partial charge in [-0.1, -0.05) is 117 Å². The Morgan fingerprint density at radius 3 is 1.09 bits per heavy atom. The van der Waals surface area contributed by atoms with Crippen LogP contribution in [0.4, 0.5) is 0 Å². The largest absolute Gasteiger partial charge is 0.465 e. The van der Waals surface area contributed by atoms with Crippen LogP contribution in [0.5, 0.6) is 0 Å². The fourth-order valence-corrected chi connectivity index (χ4v) is 4.05. The molecule has 0 saturated carbocycles. The molecule has 0 aliphatic carbocycles. The molecule has 2 N–H and O–H groups in total. The molecule has 0 spiro atoms. The van der Waals surface area contributed by atoms with Gasteiger partial charge >= 0.3 is 11.9 Å². The predicted molar refractivity (Wildman–Crippen MR) is 142 cm³/mol. The Bertz CT molecular complexity index is 450. The molecule has 0 bridgehead atoms. The van der Waals surface area contributed by atoms with Gasteiger partial charge in [0.05, 0.1) is 18.6 Å². The molecular weight excluding hydrogens is 444 g/mol. The van der Waals surface area contributed by atoms with Crippen LogP contribution in [0.2, 0.25) is 0 Å². The van der Waals surface area contributed by atoms with Gasteiger partial charge in [0.1, 0.15) is 13.2 Å². The number of aliphatic hydroxyl groups is 2. The van der Waals surface area contributed by atoms with Gasteiger partial charge in [-0.15, -0.1) is 0 Å². The van der Waals surface area contributed by atoms with Crippen molar-refractivity contribution in [1.82, 2.24) is 0 Å². The van der Waals surface area contributed by atoms with E-state index in [9.17, 15) is 19.8 Å². The second-order valence-corrected chi connectivity index (χ2v) is 10.3. The lowest BCUT2D eigenvalue weighted by Gasteiger charge is -2.28. The van der Waals surface area contributed by atoms with Crippen LogP contribution in [-0.2, 0) is 19.1 Å². The highest BCUT2D eigenvalue weighted by atomic mass is 16.5. The Kier molecular flexibility index (Phi) is 23.8. The van der Waals surface area contributed by atoms with Gasteiger partial charge in [-0.2, -0.15) is 0 Å². The number of carbonyl (C=O) groups is 2. The third-order valence-electron chi connectivity index (χ3n) is 6.72. The second kappa shape index (κ2) is 24.5. The van der Waals surface area contributed by atoms with E-state index in [-0.39, 0.29) is 25.2 Å². The van der Waals surface area contributed by atoms with Crippen LogP contribution in [0.25, 0.3) is 0 Å². The summed E-state index contributed by atoms with van der Waals surface area (Å²) in [6, 6.07) is 0. The van der Waals surface area contributed by atoms with Crippen LogP contribution in [-0.4, -0.2) is 48.6 Å². The lowest BCUT2D eigenvalue weighted by atomic mass is 9.92. The Morgan fingerprint density at radius 1 is 0.514 bits per heavy atom. The molecule has 0 aliphatic heterocycles. The third-order valence-corrected chi connectivity index (χ3v) is 6.72. The maximum atomic E-state index is 12.1. The van der Waals surface area contributed by atoms with Crippen LogP contribution >= 0.6 is 0 Å². The molecule has 0 heterocycles. The Hall–Kier alpha value is -1.14. The SMILES string of the molecule is CCCCCCCCCCCC(=O)OCC(CO)(CO)COC(=O)CCCCCCCCCCC. The highest BCUT2D eigenvalue weighted by molar-refractivity contribution is 5.69. The summed E-state index contributed by atoms with van der Waals surface area (Å²) in [5.74, 6) is -0.666. The molecule has 0 rings (SSSR count). The second-order valence-electron chi connectivity index (χ2n) is 10.3. The lowest BCUT2D eigenvalue weighted by Crippen LogP contribution is -2.41. The molecule has 0 fully saturated rings. The van der Waals surface area contributed by atoms with Crippen LogP contribution in [0, 0.1) is 5.41 Å². The first kappa shape index (κ1) is 33.9. The maximum absolute atomic E-state index is 12.1. The van der Waals surface area contributed by atoms with Gasteiger partial charge in [0, 0.05) is 12.8 Å². The molecule has 0 radical (unpaired) electrons. The fraction of sp³-hybridized carbons (Fsp3) is 0.931. The Morgan fingerprint density at radius 2 is 0.800 bits per heavy atom. The van der Waals surface area contributed by atoms with Crippen molar-refractivity contribution < 1.29 is 29.3 Å². The van der Waals surface area contributed by atoms with Crippen LogP contribution in [0.15, 0.2) is 0 Å². The van der Waals surface area contributed by atoms with E-state index in [1.807, 2.05) is 0 Å². The fourth-order valence-electron chi connectivity index (χ4n) is 4.05. The summed E-state index contributed by atoms with van der Waals surface area (Å²) in [6.45, 7) is 3.30. The number of hydrogen-bond donors (Lipinski definition) is 2. The molecule has 0 atom stereocenters. The summed E-state index contributed by atoms with van der Waals surface area (Å²) in [7, 11) is 0. The molecule has 0 aromatic rings. The summed E-state index contributed by atoms with van der Waals surface area (Å²) in [5, 5.41) is 19.5. The van der Waals surface area contributed by atoms with Gasteiger partial charge in [0.15, 0.2) is 0 Å². The van der Waals surface area contributed by atoms with Crippen molar-refractivity contribution in [2.45, 2.75) is 142 Å². The number of carbonyl (C=O) groups excluding carboxylic acids is 2. The zero-order valence-electron chi connectivity index (χ0n) is 23.0. The van der Waals surface area contributed by atoms with Crippen molar-refractivity contribution in [1.29, 1.82) is 0 Å². The first-order valence-corrected chi connectivity index (χ1v) is 14.6. The molecular formula is C29H56O6. The van der Waals surface area contributed by atoms with Crippen molar-refractivity contribution in [2.75, 3.05) is 26.4 Å². The van der Waals surface area contributed by atoms with Gasteiger partial charge in [0.25, 0.3) is 0 Å². The number of esters is 2. The molecule has 0 saturated heterocycles. The smallest absolute Gasteiger partial charge is 0.305 e. The molecule has 35 heavy (non-hydrogen) atoms. The number of unbranched alkanes of at least 4 members (excludes halogenated alkanes) is 16. The zero-order valence-corrected chi connectivity index (χ0v) is 23.0. The molecule has 6 nitrogen and oxygen atoms in total. The summed E-state index contributed by atoms with van der Waals surface area (Å²) in [5.41, 5.74) is -1.15. The van der Waals surface area contributed by atoms with Crippen LogP contribution < -0.4 is 0 Å². The summed E-state index contributed by atoms with van der Waals surface area (Å²) < 4.78 is 10.6. The highest BCUT2D eigenvalue weighted by Crippen LogP contribution is 2.19. The minimum atomic E-state index is -1.15. The highest BCUT2D eigenvalue weighted by Gasteiger charge is 2.32. The molecule has 0 amide bonds. The van der Waals surface area contributed by atoms with Crippen molar-refractivity contribution in [3.63, 3.8) is 0 Å². The summed E-state index contributed by atoms with van der Waals surface area (Å²) in [6.07, 6.45) is 21.8. The standard InChI is InChI=1S/C29H56O6/c1-3-5-7-9-11-13-15-17-19-21-27(32)34-25-29(23-30,24-31)26-35-28(33)22-20-18-16-14-12-10-8-6-4-2/h30-31H,3-26H2,1-2H3. The van der Waals surface area contributed by atoms with E-state index in [1.165, 1.54) is 77.0 Å². The van der Waals surface area contributed by atoms with Crippen LogP contribution in [0.3, 0.4) is 0 Å². The predicted octanol–water partition coefficient (Wildman–Crippen LogP) is 6.89. The van der Waals surface area contributed by atoms with Gasteiger partial charge in [0.2, 0.25) is 0 Å². The van der Waals surface area contributed by atoms with E-state index in [0.29, 0.717) is 12.8 Å². The summed E-state index contributed by atoms with van der Waals surface area (Å²) >= 11 is 0. The van der Waals surface area contributed by atoms with E-state index < -0.39 is 18.6 Å². The molecule has 0 unspecified atom stereocenters. The number of ether oxygens (including phenoxy) is 2. The summed E-state index contributed by atoms with van der Waals surface area (Å²) in [4.78, 5) is 24.1. The Balaban J connectivity index is 3.92. The van der Waals surface area contributed by atoms with Gasteiger partial charge in [-0.3, -0.25) is 9.59 Å². The minimum absolute atomic E-state index is 0.151. The quantitative estimate of drug-likeness (QED) is 0.0992. The number of aliphatic hydroxyl groups excluding tert-OH is 2. The van der Waals surface area contributed by atoms with E-state index >= 15 is 0 Å². The van der Waals surface area contributed by atoms with Crippen molar-refractivity contribution in [3.05, 3.63) is 0 Å². The van der Waals surface area contributed by atoms with Gasteiger partial charge < -0.3 is 19.7 Å². The van der Waals surface area contributed by atoms with Crippen molar-refractivity contribution in [3.8, 4) is 0 Å². The van der Waals surface area contributed by atoms with E-state index in [0.717, 1.165) is 38.5 Å². The Labute approximate surface area is 215 Å². The molecule has 6 heteroatoms. The molecule has 208 valence electrons. The van der Waals surface area contributed by atoms with E-state index in [1.54, 1.807) is 0 Å². The third kappa shape index (κ3) is 20.7. The molecule has 0 aliphatic rings. The van der Waals surface area contributed by atoms with E-state index in [2.05, 4.69) is 13.8 Å². The average Bonchev–Trinajstić information content (AvgIpc) is 2.87. The molecule has 0 aromatic heterocycles. The topological polar surface area (TPSA) is 93.1 Å². The average molecular weight is 501 g/mol. The van der Waals surface area contributed by atoms with Crippen molar-refractivity contribution >= 4 is 11.9 Å². The lowest BCUT2D eigenvalue weighted by molar-refractivity contribution is -0.159. The monoisotopic (exact) mass is 500 g/mol. The first-order valence-electron chi connectivity index (χ1n) is 14.6.